The Morgan fingerprint density at radius 3 is 2.33 bits per heavy atom. The molecule has 2 aliphatic rings. The summed E-state index contributed by atoms with van der Waals surface area (Å²) in [5.41, 5.74) is 1.56. The van der Waals surface area contributed by atoms with Crippen LogP contribution in [0.5, 0.6) is 11.5 Å². The molecule has 0 saturated carbocycles. The van der Waals surface area contributed by atoms with E-state index in [1.165, 1.54) is 45.6 Å². The number of unbranched alkanes of at least 4 members (excludes halogenated alkanes) is 8. The second kappa shape index (κ2) is 19.1. The quantitative estimate of drug-likeness (QED) is 0.147. The van der Waals surface area contributed by atoms with Crippen LogP contribution in [0.1, 0.15) is 108 Å². The molecule has 3 rings (SSSR count). The maximum absolute atomic E-state index is 13.8. The smallest absolute Gasteiger partial charge is 0.247 e. The zero-order valence-electron chi connectivity index (χ0n) is 27.8. The molecule has 1 aliphatic heterocycles. The Hall–Kier alpha value is -2.66. The van der Waals surface area contributed by atoms with Gasteiger partial charge in [0.25, 0.3) is 0 Å². The molecule has 0 aromatic heterocycles. The Labute approximate surface area is 269 Å². The monoisotopic (exact) mass is 632 g/mol. The molecule has 4 atom stereocenters. The molecule has 254 valence electrons. The van der Waals surface area contributed by atoms with Gasteiger partial charge in [0.2, 0.25) is 11.8 Å². The first-order valence-electron chi connectivity index (χ1n) is 17.0. The van der Waals surface area contributed by atoms with Gasteiger partial charge in [0.1, 0.15) is 12.2 Å². The number of hydrogen-bond acceptors (Lipinski definition) is 8. The molecule has 1 aliphatic carbocycles. The molecule has 1 aromatic carbocycles. The highest BCUT2D eigenvalue weighted by atomic mass is 16.5. The number of nitrogens with one attached hydrogen (secondary N) is 1. The molecule has 45 heavy (non-hydrogen) atoms. The maximum Gasteiger partial charge on any atom is 0.247 e. The van der Waals surface area contributed by atoms with E-state index in [0.717, 1.165) is 19.3 Å². The standard InChI is InChI=1S/C35H56N2O8/c1-5-6-7-8-9-10-11-12-13-15-30(40)37(17-14-19-44-24(2)3)28-22-27(35(42)36-16-18-38)31-26-20-25(23-39)21-29(43-4)33(26)45-34(31)32(28)41/h20-22,24,28,31-32,34,38-39,41H,5-19,23H2,1-4H3,(H,36,42)/t28-,31+,32+,34+/m1/s1. The van der Waals surface area contributed by atoms with E-state index in [4.69, 9.17) is 14.2 Å². The number of carbonyl (C=O) groups is 2. The Balaban J connectivity index is 1.85. The lowest BCUT2D eigenvalue weighted by atomic mass is 9.77. The third-order valence-corrected chi connectivity index (χ3v) is 8.66. The van der Waals surface area contributed by atoms with Gasteiger partial charge < -0.3 is 39.7 Å². The van der Waals surface area contributed by atoms with E-state index >= 15 is 0 Å². The summed E-state index contributed by atoms with van der Waals surface area (Å²) in [6.45, 7) is 6.56. The van der Waals surface area contributed by atoms with Crippen molar-refractivity contribution in [3.05, 3.63) is 34.9 Å². The largest absolute Gasteiger partial charge is 0.493 e. The summed E-state index contributed by atoms with van der Waals surface area (Å²) in [7, 11) is 1.50. The fourth-order valence-electron chi connectivity index (χ4n) is 6.34. The Kier molecular flexibility index (Phi) is 15.6. The number of hydrogen-bond donors (Lipinski definition) is 4. The molecule has 2 amide bonds. The van der Waals surface area contributed by atoms with Crippen LogP contribution in [0.15, 0.2) is 23.8 Å². The van der Waals surface area contributed by atoms with Crippen LogP contribution in [-0.4, -0.2) is 89.8 Å². The van der Waals surface area contributed by atoms with Gasteiger partial charge in [0, 0.05) is 37.3 Å². The second-order valence-corrected chi connectivity index (χ2v) is 12.5. The van der Waals surface area contributed by atoms with Gasteiger partial charge in [-0.1, -0.05) is 58.3 Å². The lowest BCUT2D eigenvalue weighted by Crippen LogP contribution is -2.56. The van der Waals surface area contributed by atoms with Gasteiger partial charge in [-0.3, -0.25) is 9.59 Å². The Morgan fingerprint density at radius 1 is 1.02 bits per heavy atom. The van der Waals surface area contributed by atoms with Crippen LogP contribution in [0, 0.1) is 0 Å². The molecule has 10 heteroatoms. The van der Waals surface area contributed by atoms with Crippen LogP contribution in [0.2, 0.25) is 0 Å². The van der Waals surface area contributed by atoms with E-state index in [0.29, 0.717) is 54.2 Å². The summed E-state index contributed by atoms with van der Waals surface area (Å²) >= 11 is 0. The predicted molar refractivity (Wildman–Crippen MR) is 173 cm³/mol. The number of rotatable bonds is 21. The number of fused-ring (bicyclic) bond motifs is 3. The highest BCUT2D eigenvalue weighted by molar-refractivity contribution is 5.96. The van der Waals surface area contributed by atoms with E-state index < -0.39 is 30.1 Å². The second-order valence-electron chi connectivity index (χ2n) is 12.5. The van der Waals surface area contributed by atoms with Crippen molar-refractivity contribution in [2.45, 2.75) is 128 Å². The number of carbonyl (C=O) groups excluding carboxylic acids is 2. The highest BCUT2D eigenvalue weighted by Gasteiger charge is 2.51. The van der Waals surface area contributed by atoms with E-state index in [-0.39, 0.29) is 31.8 Å². The summed E-state index contributed by atoms with van der Waals surface area (Å²) in [4.78, 5) is 29.0. The van der Waals surface area contributed by atoms with Gasteiger partial charge in [-0.2, -0.15) is 0 Å². The predicted octanol–water partition coefficient (Wildman–Crippen LogP) is 4.37. The van der Waals surface area contributed by atoms with Gasteiger partial charge in [-0.05, 0) is 50.5 Å². The summed E-state index contributed by atoms with van der Waals surface area (Å²) in [5.74, 6) is -0.330. The number of amides is 2. The summed E-state index contributed by atoms with van der Waals surface area (Å²) in [6, 6.07) is 2.63. The van der Waals surface area contributed by atoms with E-state index in [1.54, 1.807) is 23.1 Å². The van der Waals surface area contributed by atoms with Crippen LogP contribution in [0.4, 0.5) is 0 Å². The lowest BCUT2D eigenvalue weighted by molar-refractivity contribution is -0.137. The SMILES string of the molecule is CCCCCCCCCCCC(=O)N(CCCOC(C)C)[C@@H]1C=C(C(=O)NCCO)[C@@H]2c3cc(CO)cc(OC)c3O[C@@H]2[C@H]1O. The van der Waals surface area contributed by atoms with Crippen molar-refractivity contribution in [1.29, 1.82) is 0 Å². The number of benzene rings is 1. The van der Waals surface area contributed by atoms with Crippen molar-refractivity contribution >= 4 is 11.8 Å². The summed E-state index contributed by atoms with van der Waals surface area (Å²) in [5, 5.41) is 33.8. The van der Waals surface area contributed by atoms with Crippen molar-refractivity contribution in [3.63, 3.8) is 0 Å². The highest BCUT2D eigenvalue weighted by Crippen LogP contribution is 2.51. The molecule has 0 unspecified atom stereocenters. The summed E-state index contributed by atoms with van der Waals surface area (Å²) < 4.78 is 17.6. The summed E-state index contributed by atoms with van der Waals surface area (Å²) in [6.07, 6.45) is 11.0. The number of aliphatic hydroxyl groups is 3. The van der Waals surface area contributed by atoms with Gasteiger partial charge in [0.15, 0.2) is 11.5 Å². The molecule has 0 bridgehead atoms. The third-order valence-electron chi connectivity index (χ3n) is 8.66. The van der Waals surface area contributed by atoms with E-state index in [1.807, 2.05) is 13.8 Å². The van der Waals surface area contributed by atoms with E-state index in [9.17, 15) is 24.9 Å². The Morgan fingerprint density at radius 2 is 1.71 bits per heavy atom. The first-order chi connectivity index (χ1) is 21.8. The molecular weight excluding hydrogens is 576 g/mol. The van der Waals surface area contributed by atoms with Gasteiger partial charge in [-0.25, -0.2) is 0 Å². The molecule has 1 aromatic rings. The fourth-order valence-corrected chi connectivity index (χ4v) is 6.34. The minimum absolute atomic E-state index is 0.0578. The van der Waals surface area contributed by atoms with Crippen LogP contribution in [0.25, 0.3) is 0 Å². The van der Waals surface area contributed by atoms with Crippen LogP contribution >= 0.6 is 0 Å². The average Bonchev–Trinajstić information content (AvgIpc) is 3.42. The van der Waals surface area contributed by atoms with Crippen LogP contribution < -0.4 is 14.8 Å². The van der Waals surface area contributed by atoms with Gasteiger partial charge in [-0.15, -0.1) is 0 Å². The zero-order valence-corrected chi connectivity index (χ0v) is 27.8. The first kappa shape index (κ1) is 36.8. The first-order valence-corrected chi connectivity index (χ1v) is 17.0. The maximum atomic E-state index is 13.8. The molecule has 10 nitrogen and oxygen atoms in total. The average molecular weight is 633 g/mol. The number of methoxy groups -OCH3 is 1. The minimum Gasteiger partial charge on any atom is -0.493 e. The Bertz CT molecular complexity index is 1110. The number of ether oxygens (including phenoxy) is 3. The molecule has 4 N–H and O–H groups in total. The molecule has 1 heterocycles. The van der Waals surface area contributed by atoms with Crippen molar-refractivity contribution < 1.29 is 39.1 Å². The molecule has 0 saturated heterocycles. The van der Waals surface area contributed by atoms with Gasteiger partial charge in [0.05, 0.1) is 38.4 Å². The topological polar surface area (TPSA) is 138 Å². The van der Waals surface area contributed by atoms with Crippen molar-refractivity contribution in [2.24, 2.45) is 0 Å². The molecule has 0 fully saturated rings. The molecular formula is C35H56N2O8. The zero-order chi connectivity index (χ0) is 32.8. The van der Waals surface area contributed by atoms with Crippen molar-refractivity contribution in [1.82, 2.24) is 10.2 Å². The molecule has 0 spiro atoms. The number of nitrogens with zero attached hydrogens (tertiary/aromatic N) is 1. The number of aliphatic hydroxyl groups excluding tert-OH is 3. The van der Waals surface area contributed by atoms with Crippen LogP contribution in [0.3, 0.4) is 0 Å². The van der Waals surface area contributed by atoms with Crippen LogP contribution in [-0.2, 0) is 20.9 Å². The third kappa shape index (κ3) is 10.2. The minimum atomic E-state index is -1.13. The van der Waals surface area contributed by atoms with Crippen molar-refractivity contribution in [3.8, 4) is 11.5 Å². The van der Waals surface area contributed by atoms with E-state index in [2.05, 4.69) is 12.2 Å². The fraction of sp³-hybridized carbons (Fsp3) is 0.714. The lowest BCUT2D eigenvalue weighted by Gasteiger charge is -2.41. The van der Waals surface area contributed by atoms with Crippen molar-refractivity contribution in [2.75, 3.05) is 33.4 Å². The molecule has 0 radical (unpaired) electrons. The normalized spacial score (nSPS) is 20.3. The van der Waals surface area contributed by atoms with Gasteiger partial charge >= 0.3 is 0 Å².